The molecule has 2 aromatic rings. The molecule has 0 aliphatic heterocycles. The zero-order valence-electron chi connectivity index (χ0n) is 10.7. The minimum atomic E-state index is 0.646. The van der Waals surface area contributed by atoms with Crippen molar-refractivity contribution in [3.63, 3.8) is 0 Å². The van der Waals surface area contributed by atoms with Crippen molar-refractivity contribution in [3.8, 4) is 10.7 Å². The number of H-pyrrole nitrogens is 1. The first-order valence-corrected chi connectivity index (χ1v) is 8.38. The van der Waals surface area contributed by atoms with Crippen LogP contribution in [-0.4, -0.2) is 26.0 Å². The van der Waals surface area contributed by atoms with Crippen LogP contribution in [0.4, 0.5) is 0 Å². The SMILES string of the molecule is CCCc1nc(CSC)sc1-c1n[nH]c(=S)n1C. The lowest BCUT2D eigenvalue weighted by molar-refractivity contribution is 0.873. The Balaban J connectivity index is 2.47. The number of nitrogens with one attached hydrogen (secondary N) is 1. The van der Waals surface area contributed by atoms with Gasteiger partial charge in [-0.2, -0.15) is 16.9 Å². The molecule has 0 atom stereocenters. The molecule has 0 fully saturated rings. The second kappa shape index (κ2) is 5.99. The molecule has 4 nitrogen and oxygen atoms in total. The van der Waals surface area contributed by atoms with Gasteiger partial charge in [0.05, 0.1) is 10.6 Å². The van der Waals surface area contributed by atoms with Crippen LogP contribution >= 0.6 is 35.3 Å². The van der Waals surface area contributed by atoms with Crippen LogP contribution in [0, 0.1) is 4.77 Å². The van der Waals surface area contributed by atoms with Gasteiger partial charge < -0.3 is 4.57 Å². The van der Waals surface area contributed by atoms with Gasteiger partial charge in [0.15, 0.2) is 10.6 Å². The van der Waals surface area contributed by atoms with E-state index in [0.29, 0.717) is 4.77 Å². The molecule has 18 heavy (non-hydrogen) atoms. The van der Waals surface area contributed by atoms with Crippen molar-refractivity contribution < 1.29 is 0 Å². The number of rotatable bonds is 5. The van der Waals surface area contributed by atoms with Crippen molar-refractivity contribution in [1.82, 2.24) is 19.7 Å². The van der Waals surface area contributed by atoms with E-state index in [4.69, 9.17) is 17.2 Å². The lowest BCUT2D eigenvalue weighted by Crippen LogP contribution is -1.94. The van der Waals surface area contributed by atoms with Gasteiger partial charge in [-0.3, -0.25) is 5.10 Å². The zero-order chi connectivity index (χ0) is 13.1. The Kier molecular flexibility index (Phi) is 4.58. The van der Waals surface area contributed by atoms with Crippen LogP contribution in [-0.2, 0) is 19.2 Å². The first-order valence-electron chi connectivity index (χ1n) is 5.76. The van der Waals surface area contributed by atoms with Gasteiger partial charge in [0.2, 0.25) is 0 Å². The predicted molar refractivity (Wildman–Crippen MR) is 80.7 cm³/mol. The van der Waals surface area contributed by atoms with Crippen LogP contribution in [0.3, 0.4) is 0 Å². The van der Waals surface area contributed by atoms with Crippen molar-refractivity contribution in [2.45, 2.75) is 25.5 Å². The van der Waals surface area contributed by atoms with Gasteiger partial charge in [-0.1, -0.05) is 13.3 Å². The highest BCUT2D eigenvalue weighted by atomic mass is 32.2. The van der Waals surface area contributed by atoms with Gasteiger partial charge in [0.25, 0.3) is 0 Å². The Morgan fingerprint density at radius 3 is 2.83 bits per heavy atom. The molecule has 2 heterocycles. The van der Waals surface area contributed by atoms with Crippen molar-refractivity contribution in [3.05, 3.63) is 15.5 Å². The van der Waals surface area contributed by atoms with E-state index in [9.17, 15) is 0 Å². The first-order chi connectivity index (χ1) is 8.67. The molecule has 1 N–H and O–H groups in total. The maximum Gasteiger partial charge on any atom is 0.195 e. The number of thioether (sulfide) groups is 1. The number of thiazole rings is 1. The Labute approximate surface area is 120 Å². The average Bonchev–Trinajstić information content (AvgIpc) is 2.86. The molecule has 98 valence electrons. The van der Waals surface area contributed by atoms with Gasteiger partial charge in [0.1, 0.15) is 5.01 Å². The Hall–Kier alpha value is -0.660. The predicted octanol–water partition coefficient (Wildman–Crippen LogP) is 3.42. The molecule has 0 saturated heterocycles. The summed E-state index contributed by atoms with van der Waals surface area (Å²) in [4.78, 5) is 5.86. The lowest BCUT2D eigenvalue weighted by Gasteiger charge is -1.99. The van der Waals surface area contributed by atoms with Gasteiger partial charge in [0, 0.05) is 12.8 Å². The monoisotopic (exact) mass is 300 g/mol. The fourth-order valence-corrected chi connectivity index (χ4v) is 3.68. The molecule has 0 unspecified atom stereocenters. The van der Waals surface area contributed by atoms with Crippen LogP contribution in [0.2, 0.25) is 0 Å². The molecule has 0 saturated carbocycles. The molecule has 0 spiro atoms. The molecule has 7 heteroatoms. The smallest absolute Gasteiger partial charge is 0.195 e. The van der Waals surface area contributed by atoms with E-state index in [1.807, 2.05) is 11.6 Å². The summed E-state index contributed by atoms with van der Waals surface area (Å²) in [5.74, 6) is 1.85. The summed E-state index contributed by atoms with van der Waals surface area (Å²) < 4.78 is 2.55. The van der Waals surface area contributed by atoms with E-state index in [-0.39, 0.29) is 0 Å². The van der Waals surface area contributed by atoms with Crippen molar-refractivity contribution >= 4 is 35.3 Å². The third-order valence-corrected chi connectivity index (χ3v) is 4.78. The van der Waals surface area contributed by atoms with Crippen molar-refractivity contribution in [2.24, 2.45) is 7.05 Å². The third kappa shape index (κ3) is 2.67. The largest absolute Gasteiger partial charge is 0.303 e. The van der Waals surface area contributed by atoms with E-state index >= 15 is 0 Å². The summed E-state index contributed by atoms with van der Waals surface area (Å²) in [6.45, 7) is 2.17. The average molecular weight is 300 g/mol. The normalized spacial score (nSPS) is 11.1. The van der Waals surface area contributed by atoms with Crippen LogP contribution in [0.25, 0.3) is 10.7 Å². The number of aromatic nitrogens is 4. The van der Waals surface area contributed by atoms with E-state index in [0.717, 1.165) is 40.0 Å². The van der Waals surface area contributed by atoms with E-state index < -0.39 is 0 Å². The number of aryl methyl sites for hydroxylation is 1. The molecule has 2 rings (SSSR count). The van der Waals surface area contributed by atoms with Crippen LogP contribution in [0.15, 0.2) is 0 Å². The maximum atomic E-state index is 5.17. The molecule has 0 aliphatic rings. The minimum Gasteiger partial charge on any atom is -0.303 e. The fourth-order valence-electron chi connectivity index (χ4n) is 1.72. The molecular formula is C11H16N4S3. The summed E-state index contributed by atoms with van der Waals surface area (Å²) in [5, 5.41) is 8.31. The summed E-state index contributed by atoms with van der Waals surface area (Å²) in [6.07, 6.45) is 4.17. The maximum absolute atomic E-state index is 5.17. The topological polar surface area (TPSA) is 46.5 Å². The highest BCUT2D eigenvalue weighted by Crippen LogP contribution is 2.31. The standard InChI is InChI=1S/C11H16N4S3/c1-4-5-7-9(18-8(12-7)6-17-3)10-13-14-11(16)15(10)2/h4-6H2,1-3H3,(H,14,16). The third-order valence-electron chi connectivity index (χ3n) is 2.58. The number of hydrogen-bond donors (Lipinski definition) is 1. The minimum absolute atomic E-state index is 0.646. The molecule has 2 aromatic heterocycles. The summed E-state index contributed by atoms with van der Waals surface area (Å²) in [7, 11) is 1.94. The molecule has 0 bridgehead atoms. The Morgan fingerprint density at radius 1 is 1.50 bits per heavy atom. The summed E-state index contributed by atoms with van der Waals surface area (Å²) >= 11 is 8.68. The molecule has 0 aromatic carbocycles. The van der Waals surface area contributed by atoms with Crippen molar-refractivity contribution in [2.75, 3.05) is 6.26 Å². The highest BCUT2D eigenvalue weighted by Gasteiger charge is 2.16. The molecular weight excluding hydrogens is 284 g/mol. The number of aromatic amines is 1. The summed E-state index contributed by atoms with van der Waals surface area (Å²) in [5.41, 5.74) is 1.14. The second-order valence-corrected chi connectivity index (χ2v) is 6.31. The number of nitrogens with zero attached hydrogens (tertiary/aromatic N) is 3. The van der Waals surface area contributed by atoms with Gasteiger partial charge >= 0.3 is 0 Å². The van der Waals surface area contributed by atoms with Gasteiger partial charge in [-0.15, -0.1) is 11.3 Å². The van der Waals surface area contributed by atoms with E-state index in [1.165, 1.54) is 0 Å². The van der Waals surface area contributed by atoms with Crippen LogP contribution < -0.4 is 0 Å². The Morgan fingerprint density at radius 2 is 2.28 bits per heavy atom. The second-order valence-electron chi connectivity index (χ2n) is 3.98. The Bertz CT molecular complexity index is 581. The molecule has 0 radical (unpaired) electrons. The quantitative estimate of drug-likeness (QED) is 0.860. The number of hydrogen-bond acceptors (Lipinski definition) is 5. The van der Waals surface area contributed by atoms with Crippen LogP contribution in [0.5, 0.6) is 0 Å². The zero-order valence-corrected chi connectivity index (χ0v) is 13.1. The first kappa shape index (κ1) is 13.8. The van der Waals surface area contributed by atoms with Crippen molar-refractivity contribution in [1.29, 1.82) is 0 Å². The van der Waals surface area contributed by atoms with E-state index in [1.54, 1.807) is 23.1 Å². The highest BCUT2D eigenvalue weighted by molar-refractivity contribution is 7.97. The summed E-state index contributed by atoms with van der Waals surface area (Å²) in [6, 6.07) is 0. The van der Waals surface area contributed by atoms with Crippen LogP contribution in [0.1, 0.15) is 24.0 Å². The molecule has 0 aliphatic carbocycles. The fraction of sp³-hybridized carbons (Fsp3) is 0.545. The lowest BCUT2D eigenvalue weighted by atomic mass is 10.2. The van der Waals surface area contributed by atoms with Gasteiger partial charge in [-0.25, -0.2) is 4.98 Å². The van der Waals surface area contributed by atoms with Gasteiger partial charge in [-0.05, 0) is 24.9 Å². The van der Waals surface area contributed by atoms with E-state index in [2.05, 4.69) is 23.4 Å². The molecule has 0 amide bonds.